The van der Waals surface area contributed by atoms with Gasteiger partial charge in [0, 0.05) is 18.8 Å². The molecular weight excluding hydrogens is 308 g/mol. The van der Waals surface area contributed by atoms with E-state index < -0.39 is 12.1 Å². The summed E-state index contributed by atoms with van der Waals surface area (Å²) in [5.74, 6) is -0.412. The summed E-state index contributed by atoms with van der Waals surface area (Å²) in [6.45, 7) is 3.03. The van der Waals surface area contributed by atoms with Gasteiger partial charge in [0.15, 0.2) is 0 Å². The predicted octanol–water partition coefficient (Wildman–Crippen LogP) is 1.33. The second-order valence-corrected chi connectivity index (χ2v) is 5.85. The van der Waals surface area contributed by atoms with Gasteiger partial charge >= 0.3 is 6.03 Å². The SMILES string of the molecule is CC(NC(=O)NCC(=O)N1CCCCC1)C(=O)Nc1ccccc1. The van der Waals surface area contributed by atoms with E-state index in [0.717, 1.165) is 32.4 Å². The fourth-order valence-electron chi connectivity index (χ4n) is 2.50. The third-order valence-electron chi connectivity index (χ3n) is 3.89. The molecule has 4 amide bonds. The van der Waals surface area contributed by atoms with Crippen molar-refractivity contribution in [3.63, 3.8) is 0 Å². The number of benzene rings is 1. The minimum atomic E-state index is -0.713. The van der Waals surface area contributed by atoms with Crippen molar-refractivity contribution in [3.8, 4) is 0 Å². The molecule has 0 aliphatic carbocycles. The number of anilines is 1. The lowest BCUT2D eigenvalue weighted by Gasteiger charge is -2.26. The maximum atomic E-state index is 12.0. The molecule has 1 heterocycles. The van der Waals surface area contributed by atoms with Crippen molar-refractivity contribution in [1.29, 1.82) is 0 Å². The van der Waals surface area contributed by atoms with Crippen molar-refractivity contribution in [2.45, 2.75) is 32.2 Å². The summed E-state index contributed by atoms with van der Waals surface area (Å²) in [7, 11) is 0. The first-order chi connectivity index (χ1) is 11.6. The summed E-state index contributed by atoms with van der Waals surface area (Å²) >= 11 is 0. The molecule has 0 saturated carbocycles. The predicted molar refractivity (Wildman–Crippen MR) is 91.5 cm³/mol. The number of para-hydroxylation sites is 1. The van der Waals surface area contributed by atoms with Crippen molar-refractivity contribution in [2.75, 3.05) is 25.0 Å². The smallest absolute Gasteiger partial charge is 0.315 e. The lowest BCUT2D eigenvalue weighted by atomic mass is 10.1. The molecule has 1 unspecified atom stereocenters. The lowest BCUT2D eigenvalue weighted by Crippen LogP contribution is -2.49. The molecule has 0 spiro atoms. The van der Waals surface area contributed by atoms with Crippen LogP contribution < -0.4 is 16.0 Å². The minimum absolute atomic E-state index is 0.0567. The van der Waals surface area contributed by atoms with Crippen LogP contribution in [0.25, 0.3) is 0 Å². The third kappa shape index (κ3) is 5.57. The molecule has 0 aromatic heterocycles. The van der Waals surface area contributed by atoms with E-state index in [1.807, 2.05) is 18.2 Å². The number of urea groups is 1. The van der Waals surface area contributed by atoms with Gasteiger partial charge in [-0.15, -0.1) is 0 Å². The van der Waals surface area contributed by atoms with Gasteiger partial charge in [-0.1, -0.05) is 18.2 Å². The fraction of sp³-hybridized carbons (Fsp3) is 0.471. The number of carbonyl (C=O) groups excluding carboxylic acids is 3. The van der Waals surface area contributed by atoms with E-state index in [4.69, 9.17) is 0 Å². The summed E-state index contributed by atoms with van der Waals surface area (Å²) in [5.41, 5.74) is 0.664. The van der Waals surface area contributed by atoms with Crippen LogP contribution in [-0.4, -0.2) is 48.4 Å². The van der Waals surface area contributed by atoms with E-state index in [2.05, 4.69) is 16.0 Å². The topological polar surface area (TPSA) is 90.5 Å². The van der Waals surface area contributed by atoms with Crippen LogP contribution in [0.2, 0.25) is 0 Å². The number of nitrogens with zero attached hydrogens (tertiary/aromatic N) is 1. The highest BCUT2D eigenvalue weighted by molar-refractivity contribution is 5.97. The van der Waals surface area contributed by atoms with Gasteiger partial charge in [-0.3, -0.25) is 9.59 Å². The van der Waals surface area contributed by atoms with E-state index in [0.29, 0.717) is 5.69 Å². The summed E-state index contributed by atoms with van der Waals surface area (Å²) in [4.78, 5) is 37.6. The van der Waals surface area contributed by atoms with E-state index in [1.54, 1.807) is 24.0 Å². The summed E-state index contributed by atoms with van der Waals surface area (Å²) in [6.07, 6.45) is 3.16. The Bertz CT molecular complexity index is 570. The van der Waals surface area contributed by atoms with Crippen molar-refractivity contribution < 1.29 is 14.4 Å². The van der Waals surface area contributed by atoms with Crippen LogP contribution in [0.15, 0.2) is 30.3 Å². The molecule has 1 aromatic rings. The van der Waals surface area contributed by atoms with Gasteiger partial charge in [0.2, 0.25) is 11.8 Å². The maximum Gasteiger partial charge on any atom is 0.315 e. The second kappa shape index (κ2) is 8.90. The number of nitrogens with one attached hydrogen (secondary N) is 3. The Morgan fingerprint density at radius 2 is 1.75 bits per heavy atom. The Kier molecular flexibility index (Phi) is 6.60. The highest BCUT2D eigenvalue weighted by Gasteiger charge is 2.19. The standard InChI is InChI=1S/C17H24N4O3/c1-13(16(23)20-14-8-4-2-5-9-14)19-17(24)18-12-15(22)21-10-6-3-7-11-21/h2,4-5,8-9,13H,3,6-7,10-12H2,1H3,(H,20,23)(H2,18,19,24). The monoisotopic (exact) mass is 332 g/mol. The average Bonchev–Trinajstić information content (AvgIpc) is 2.61. The first-order valence-electron chi connectivity index (χ1n) is 8.24. The molecule has 1 aliphatic heterocycles. The number of rotatable bonds is 5. The van der Waals surface area contributed by atoms with Crippen LogP contribution in [0.3, 0.4) is 0 Å². The molecule has 1 aromatic carbocycles. The number of hydrogen-bond donors (Lipinski definition) is 3. The van der Waals surface area contributed by atoms with Crippen molar-refractivity contribution in [3.05, 3.63) is 30.3 Å². The summed E-state index contributed by atoms with van der Waals surface area (Å²) in [5, 5.41) is 7.74. The van der Waals surface area contributed by atoms with Crippen molar-refractivity contribution >= 4 is 23.5 Å². The molecule has 7 nitrogen and oxygen atoms in total. The molecule has 3 N–H and O–H groups in total. The van der Waals surface area contributed by atoms with Gasteiger partial charge in [-0.2, -0.15) is 0 Å². The van der Waals surface area contributed by atoms with Gasteiger partial charge in [0.1, 0.15) is 6.04 Å². The minimum Gasteiger partial charge on any atom is -0.341 e. The van der Waals surface area contributed by atoms with E-state index in [9.17, 15) is 14.4 Å². The van der Waals surface area contributed by atoms with Gasteiger partial charge in [0.05, 0.1) is 6.54 Å². The summed E-state index contributed by atoms with van der Waals surface area (Å²) in [6, 6.07) is 7.76. The Morgan fingerprint density at radius 1 is 1.08 bits per heavy atom. The highest BCUT2D eigenvalue weighted by atomic mass is 16.2. The van der Waals surface area contributed by atoms with Gasteiger partial charge in [-0.25, -0.2) is 4.79 Å². The maximum absolute atomic E-state index is 12.0. The van der Waals surface area contributed by atoms with Crippen LogP contribution in [0, 0.1) is 0 Å². The fourth-order valence-corrected chi connectivity index (χ4v) is 2.50. The highest BCUT2D eigenvalue weighted by Crippen LogP contribution is 2.08. The van der Waals surface area contributed by atoms with Crippen LogP contribution in [0.5, 0.6) is 0 Å². The molecule has 1 fully saturated rings. The number of hydrogen-bond acceptors (Lipinski definition) is 3. The van der Waals surface area contributed by atoms with Crippen LogP contribution in [0.1, 0.15) is 26.2 Å². The first kappa shape index (κ1) is 17.8. The molecular formula is C17H24N4O3. The third-order valence-corrected chi connectivity index (χ3v) is 3.89. The van der Waals surface area contributed by atoms with Crippen LogP contribution in [0.4, 0.5) is 10.5 Å². The molecule has 1 atom stereocenters. The number of piperidine rings is 1. The number of carbonyl (C=O) groups is 3. The molecule has 130 valence electrons. The Balaban J connectivity index is 1.70. The van der Waals surface area contributed by atoms with E-state index >= 15 is 0 Å². The molecule has 1 aliphatic rings. The lowest BCUT2D eigenvalue weighted by molar-refractivity contribution is -0.130. The molecule has 2 rings (SSSR count). The number of likely N-dealkylation sites (tertiary alicyclic amines) is 1. The van der Waals surface area contributed by atoms with Gasteiger partial charge in [0.25, 0.3) is 0 Å². The average molecular weight is 332 g/mol. The zero-order chi connectivity index (χ0) is 17.4. The zero-order valence-corrected chi connectivity index (χ0v) is 13.9. The quantitative estimate of drug-likeness (QED) is 0.760. The molecule has 0 radical (unpaired) electrons. The van der Waals surface area contributed by atoms with Crippen LogP contribution >= 0.6 is 0 Å². The van der Waals surface area contributed by atoms with Crippen molar-refractivity contribution in [2.24, 2.45) is 0 Å². The summed E-state index contributed by atoms with van der Waals surface area (Å²) < 4.78 is 0. The second-order valence-electron chi connectivity index (χ2n) is 5.85. The molecule has 24 heavy (non-hydrogen) atoms. The van der Waals surface area contributed by atoms with E-state index in [-0.39, 0.29) is 18.4 Å². The van der Waals surface area contributed by atoms with Crippen LogP contribution in [-0.2, 0) is 9.59 Å². The van der Waals surface area contributed by atoms with Gasteiger partial charge < -0.3 is 20.9 Å². The first-order valence-corrected chi connectivity index (χ1v) is 8.24. The molecule has 7 heteroatoms. The Labute approximate surface area is 141 Å². The molecule has 0 bridgehead atoms. The molecule has 1 saturated heterocycles. The van der Waals surface area contributed by atoms with Gasteiger partial charge in [-0.05, 0) is 38.3 Å². The zero-order valence-electron chi connectivity index (χ0n) is 13.9. The largest absolute Gasteiger partial charge is 0.341 e. The van der Waals surface area contributed by atoms with Crippen molar-refractivity contribution in [1.82, 2.24) is 15.5 Å². The van der Waals surface area contributed by atoms with E-state index in [1.165, 1.54) is 0 Å². The Morgan fingerprint density at radius 3 is 2.42 bits per heavy atom. The normalized spacial score (nSPS) is 15.3. The Hall–Kier alpha value is -2.57. The number of amides is 4.